The molecule has 0 saturated heterocycles. The minimum absolute atomic E-state index is 0.682. The molecule has 0 saturated carbocycles. The van der Waals surface area contributed by atoms with Crippen molar-refractivity contribution >= 4 is 34.0 Å². The zero-order valence-corrected chi connectivity index (χ0v) is 11.0. The normalized spacial score (nSPS) is 10.6. The highest BCUT2D eigenvalue weighted by atomic mass is 35.5. The Hall–Kier alpha value is -2.20. The summed E-state index contributed by atoms with van der Waals surface area (Å²) in [4.78, 5) is 12.9. The standard InChI is InChI=1S/C14H11ClN4/c1-9-17-13-8-16-6-5-12(13)14(18-9)19-11-4-2-3-10(15)7-11/h2-8H,1H3,(H,17,18,19). The molecule has 0 spiro atoms. The number of benzene rings is 1. The summed E-state index contributed by atoms with van der Waals surface area (Å²) in [6, 6.07) is 9.41. The van der Waals surface area contributed by atoms with Crippen LogP contribution in [0, 0.1) is 6.92 Å². The maximum Gasteiger partial charge on any atom is 0.142 e. The summed E-state index contributed by atoms with van der Waals surface area (Å²) in [6.07, 6.45) is 3.46. The van der Waals surface area contributed by atoms with Gasteiger partial charge < -0.3 is 5.32 Å². The fourth-order valence-corrected chi connectivity index (χ4v) is 2.09. The molecule has 0 fully saturated rings. The van der Waals surface area contributed by atoms with Crippen LogP contribution >= 0.6 is 11.6 Å². The van der Waals surface area contributed by atoms with Crippen LogP contribution in [0.15, 0.2) is 42.7 Å². The summed E-state index contributed by atoms with van der Waals surface area (Å²) in [7, 11) is 0. The van der Waals surface area contributed by atoms with Gasteiger partial charge in [0.2, 0.25) is 0 Å². The third-order valence-corrected chi connectivity index (χ3v) is 2.93. The van der Waals surface area contributed by atoms with Crippen LogP contribution in [0.4, 0.5) is 11.5 Å². The summed E-state index contributed by atoms with van der Waals surface area (Å²) in [6.45, 7) is 1.86. The van der Waals surface area contributed by atoms with Gasteiger partial charge in [-0.3, -0.25) is 4.98 Å². The lowest BCUT2D eigenvalue weighted by Crippen LogP contribution is -1.99. The van der Waals surface area contributed by atoms with Crippen molar-refractivity contribution in [3.63, 3.8) is 0 Å². The first-order valence-electron chi connectivity index (χ1n) is 5.83. The van der Waals surface area contributed by atoms with E-state index in [-0.39, 0.29) is 0 Å². The Morgan fingerprint density at radius 2 is 2.05 bits per heavy atom. The number of fused-ring (bicyclic) bond motifs is 1. The van der Waals surface area contributed by atoms with Gasteiger partial charge in [0.05, 0.1) is 11.7 Å². The second kappa shape index (κ2) is 4.82. The highest BCUT2D eigenvalue weighted by molar-refractivity contribution is 6.30. The molecule has 1 N–H and O–H groups in total. The Balaban J connectivity index is 2.09. The predicted octanol–water partition coefficient (Wildman–Crippen LogP) is 3.73. The van der Waals surface area contributed by atoms with Crippen LogP contribution in [-0.4, -0.2) is 15.0 Å². The van der Waals surface area contributed by atoms with E-state index in [1.807, 2.05) is 37.3 Å². The van der Waals surface area contributed by atoms with Crippen molar-refractivity contribution in [3.8, 4) is 0 Å². The van der Waals surface area contributed by atoms with Gasteiger partial charge in [-0.1, -0.05) is 17.7 Å². The number of hydrogen-bond donors (Lipinski definition) is 1. The third-order valence-electron chi connectivity index (χ3n) is 2.70. The largest absolute Gasteiger partial charge is 0.340 e. The molecule has 2 heterocycles. The van der Waals surface area contributed by atoms with Gasteiger partial charge in [-0.15, -0.1) is 0 Å². The van der Waals surface area contributed by atoms with Gasteiger partial charge >= 0.3 is 0 Å². The van der Waals surface area contributed by atoms with E-state index in [1.165, 1.54) is 0 Å². The summed E-state index contributed by atoms with van der Waals surface area (Å²) >= 11 is 5.98. The SMILES string of the molecule is Cc1nc(Nc2cccc(Cl)c2)c2ccncc2n1. The zero-order chi connectivity index (χ0) is 13.2. The molecule has 2 aromatic heterocycles. The molecule has 0 unspecified atom stereocenters. The Labute approximate surface area is 115 Å². The fourth-order valence-electron chi connectivity index (χ4n) is 1.90. The summed E-state index contributed by atoms with van der Waals surface area (Å²) < 4.78 is 0. The monoisotopic (exact) mass is 270 g/mol. The maximum absolute atomic E-state index is 5.98. The number of aryl methyl sites for hydroxylation is 1. The van der Waals surface area contributed by atoms with Gasteiger partial charge in [-0.2, -0.15) is 0 Å². The highest BCUT2D eigenvalue weighted by Crippen LogP contribution is 2.24. The van der Waals surface area contributed by atoms with Crippen molar-refractivity contribution in [2.45, 2.75) is 6.92 Å². The molecule has 0 aliphatic carbocycles. The molecule has 5 heteroatoms. The zero-order valence-electron chi connectivity index (χ0n) is 10.3. The molecule has 3 rings (SSSR count). The molecule has 94 valence electrons. The van der Waals surface area contributed by atoms with Gasteiger partial charge in [0.15, 0.2) is 0 Å². The average Bonchev–Trinajstić information content (AvgIpc) is 2.38. The van der Waals surface area contributed by atoms with Crippen molar-refractivity contribution in [2.75, 3.05) is 5.32 Å². The number of hydrogen-bond acceptors (Lipinski definition) is 4. The van der Waals surface area contributed by atoms with E-state index >= 15 is 0 Å². The molecule has 0 amide bonds. The van der Waals surface area contributed by atoms with E-state index in [0.29, 0.717) is 10.8 Å². The smallest absolute Gasteiger partial charge is 0.142 e. The Kier molecular flexibility index (Phi) is 3.01. The van der Waals surface area contributed by atoms with Crippen LogP contribution in [-0.2, 0) is 0 Å². The van der Waals surface area contributed by atoms with Gasteiger partial charge in [0.1, 0.15) is 11.6 Å². The number of rotatable bonds is 2. The second-order valence-corrected chi connectivity index (χ2v) is 4.58. The lowest BCUT2D eigenvalue weighted by Gasteiger charge is -2.09. The first-order chi connectivity index (χ1) is 9.22. The van der Waals surface area contributed by atoms with Crippen molar-refractivity contribution < 1.29 is 0 Å². The first-order valence-corrected chi connectivity index (χ1v) is 6.21. The fraction of sp³-hybridized carbons (Fsp3) is 0.0714. The molecular formula is C14H11ClN4. The first kappa shape index (κ1) is 11.9. The van der Waals surface area contributed by atoms with Gasteiger partial charge in [0, 0.05) is 22.3 Å². The lowest BCUT2D eigenvalue weighted by molar-refractivity contribution is 1.09. The third kappa shape index (κ3) is 2.48. The molecule has 0 atom stereocenters. The summed E-state index contributed by atoms with van der Waals surface area (Å²) in [5.41, 5.74) is 1.71. The van der Waals surface area contributed by atoms with Crippen LogP contribution in [0.25, 0.3) is 10.9 Å². The molecular weight excluding hydrogens is 260 g/mol. The Bertz CT molecular complexity index is 742. The van der Waals surface area contributed by atoms with Crippen LogP contribution in [0.3, 0.4) is 0 Å². The number of nitrogens with zero attached hydrogens (tertiary/aromatic N) is 3. The van der Waals surface area contributed by atoms with E-state index in [2.05, 4.69) is 20.3 Å². The molecule has 1 aromatic carbocycles. The number of anilines is 2. The maximum atomic E-state index is 5.98. The van der Waals surface area contributed by atoms with Crippen molar-refractivity contribution in [2.24, 2.45) is 0 Å². The summed E-state index contributed by atoms with van der Waals surface area (Å²) in [5.74, 6) is 1.46. The molecule has 0 aliphatic rings. The Morgan fingerprint density at radius 3 is 2.89 bits per heavy atom. The molecule has 3 aromatic rings. The van der Waals surface area contributed by atoms with Gasteiger partial charge in [-0.25, -0.2) is 9.97 Å². The van der Waals surface area contributed by atoms with E-state index < -0.39 is 0 Å². The van der Waals surface area contributed by atoms with Crippen molar-refractivity contribution in [1.82, 2.24) is 15.0 Å². The predicted molar refractivity (Wildman–Crippen MR) is 76.8 cm³/mol. The molecule has 19 heavy (non-hydrogen) atoms. The lowest BCUT2D eigenvalue weighted by atomic mass is 10.2. The van der Waals surface area contributed by atoms with E-state index in [1.54, 1.807) is 12.4 Å². The van der Waals surface area contributed by atoms with E-state index in [4.69, 9.17) is 11.6 Å². The van der Waals surface area contributed by atoms with E-state index in [9.17, 15) is 0 Å². The highest BCUT2D eigenvalue weighted by Gasteiger charge is 2.06. The van der Waals surface area contributed by atoms with Gasteiger partial charge in [0.25, 0.3) is 0 Å². The van der Waals surface area contributed by atoms with Crippen LogP contribution in [0.1, 0.15) is 5.82 Å². The second-order valence-electron chi connectivity index (χ2n) is 4.15. The number of aromatic nitrogens is 3. The number of halogens is 1. The average molecular weight is 271 g/mol. The quantitative estimate of drug-likeness (QED) is 0.771. The molecule has 0 radical (unpaired) electrons. The van der Waals surface area contributed by atoms with Crippen molar-refractivity contribution in [3.05, 3.63) is 53.6 Å². The molecule has 0 aliphatic heterocycles. The number of pyridine rings is 1. The van der Waals surface area contributed by atoms with E-state index in [0.717, 1.165) is 22.4 Å². The molecule has 0 bridgehead atoms. The molecule has 4 nitrogen and oxygen atoms in total. The number of nitrogens with one attached hydrogen (secondary N) is 1. The topological polar surface area (TPSA) is 50.7 Å². The summed E-state index contributed by atoms with van der Waals surface area (Å²) in [5, 5.41) is 4.88. The van der Waals surface area contributed by atoms with Crippen LogP contribution in [0.5, 0.6) is 0 Å². The van der Waals surface area contributed by atoms with Crippen molar-refractivity contribution in [1.29, 1.82) is 0 Å². The Morgan fingerprint density at radius 1 is 1.16 bits per heavy atom. The van der Waals surface area contributed by atoms with Crippen LogP contribution < -0.4 is 5.32 Å². The van der Waals surface area contributed by atoms with Gasteiger partial charge in [-0.05, 0) is 31.2 Å². The van der Waals surface area contributed by atoms with Crippen LogP contribution in [0.2, 0.25) is 5.02 Å². The minimum Gasteiger partial charge on any atom is -0.340 e. The minimum atomic E-state index is 0.682.